The Balaban J connectivity index is 1.87. The summed E-state index contributed by atoms with van der Waals surface area (Å²) in [5.41, 5.74) is 0. The molecular formula is C12H16O2. The fraction of sp³-hybridized carbons (Fsp3) is 0.500. The zero-order valence-electron chi connectivity index (χ0n) is 8.48. The Hall–Kier alpha value is -1.02. The predicted molar refractivity (Wildman–Crippen MR) is 55.5 cm³/mol. The summed E-state index contributed by atoms with van der Waals surface area (Å²) >= 11 is 0. The molecule has 1 aliphatic rings. The third-order valence-corrected chi connectivity index (χ3v) is 2.51. The van der Waals surface area contributed by atoms with Crippen LogP contribution in [0, 0.1) is 0 Å². The summed E-state index contributed by atoms with van der Waals surface area (Å²) in [6, 6.07) is 9.94. The molecule has 0 aromatic heterocycles. The van der Waals surface area contributed by atoms with Gasteiger partial charge in [0.2, 0.25) is 0 Å². The first-order valence-corrected chi connectivity index (χ1v) is 5.18. The molecule has 2 unspecified atom stereocenters. The Bertz CT molecular complexity index is 263. The van der Waals surface area contributed by atoms with Crippen LogP contribution in [0.4, 0.5) is 0 Å². The van der Waals surface area contributed by atoms with E-state index in [9.17, 15) is 0 Å². The third-order valence-electron chi connectivity index (χ3n) is 2.51. The van der Waals surface area contributed by atoms with E-state index in [0.717, 1.165) is 25.2 Å². The van der Waals surface area contributed by atoms with Gasteiger partial charge in [0.1, 0.15) is 11.9 Å². The standard InChI is InChI=1S/C12H16O2/c1-10-7-8-12(9-13-10)14-11-5-3-2-4-6-11/h2-6,10,12H,7-9H2,1H3. The van der Waals surface area contributed by atoms with Crippen molar-refractivity contribution in [2.24, 2.45) is 0 Å². The van der Waals surface area contributed by atoms with Gasteiger partial charge in [0.25, 0.3) is 0 Å². The molecule has 0 N–H and O–H groups in total. The van der Waals surface area contributed by atoms with Crippen molar-refractivity contribution in [1.29, 1.82) is 0 Å². The first-order chi connectivity index (χ1) is 6.84. The molecule has 2 heteroatoms. The van der Waals surface area contributed by atoms with E-state index in [4.69, 9.17) is 9.47 Å². The molecule has 1 heterocycles. The van der Waals surface area contributed by atoms with Crippen LogP contribution in [0.2, 0.25) is 0 Å². The van der Waals surface area contributed by atoms with Crippen LogP contribution in [0.5, 0.6) is 5.75 Å². The van der Waals surface area contributed by atoms with Gasteiger partial charge < -0.3 is 9.47 Å². The Morgan fingerprint density at radius 3 is 2.64 bits per heavy atom. The van der Waals surface area contributed by atoms with Gasteiger partial charge >= 0.3 is 0 Å². The Morgan fingerprint density at radius 1 is 1.21 bits per heavy atom. The van der Waals surface area contributed by atoms with Crippen LogP contribution in [0.1, 0.15) is 19.8 Å². The van der Waals surface area contributed by atoms with Crippen LogP contribution in [-0.4, -0.2) is 18.8 Å². The molecule has 0 spiro atoms. The molecule has 0 bridgehead atoms. The molecule has 1 saturated heterocycles. The molecule has 1 fully saturated rings. The van der Waals surface area contributed by atoms with Gasteiger partial charge in [0.05, 0.1) is 12.7 Å². The smallest absolute Gasteiger partial charge is 0.122 e. The van der Waals surface area contributed by atoms with Crippen molar-refractivity contribution in [1.82, 2.24) is 0 Å². The van der Waals surface area contributed by atoms with Crippen molar-refractivity contribution in [2.45, 2.75) is 32.0 Å². The van der Waals surface area contributed by atoms with E-state index >= 15 is 0 Å². The van der Waals surface area contributed by atoms with Crippen LogP contribution in [0.3, 0.4) is 0 Å². The average molecular weight is 192 g/mol. The van der Waals surface area contributed by atoms with Gasteiger partial charge in [-0.15, -0.1) is 0 Å². The lowest BCUT2D eigenvalue weighted by Crippen LogP contribution is -2.31. The summed E-state index contributed by atoms with van der Waals surface area (Å²) in [6.45, 7) is 2.83. The molecule has 2 atom stereocenters. The molecular weight excluding hydrogens is 176 g/mol. The zero-order chi connectivity index (χ0) is 9.80. The number of rotatable bonds is 2. The van der Waals surface area contributed by atoms with Gasteiger partial charge in [-0.05, 0) is 31.9 Å². The van der Waals surface area contributed by atoms with E-state index in [1.165, 1.54) is 0 Å². The van der Waals surface area contributed by atoms with Crippen LogP contribution in [0.15, 0.2) is 30.3 Å². The third kappa shape index (κ3) is 2.48. The molecule has 0 amide bonds. The average Bonchev–Trinajstić information content (AvgIpc) is 2.23. The monoisotopic (exact) mass is 192 g/mol. The van der Waals surface area contributed by atoms with Crippen molar-refractivity contribution in [3.63, 3.8) is 0 Å². The number of hydrogen-bond acceptors (Lipinski definition) is 2. The second-order valence-electron chi connectivity index (χ2n) is 3.77. The summed E-state index contributed by atoms with van der Waals surface area (Å²) < 4.78 is 11.3. The SMILES string of the molecule is CC1CCC(Oc2ccccc2)CO1. The maximum Gasteiger partial charge on any atom is 0.122 e. The highest BCUT2D eigenvalue weighted by molar-refractivity contribution is 5.21. The van der Waals surface area contributed by atoms with E-state index in [-0.39, 0.29) is 6.10 Å². The van der Waals surface area contributed by atoms with Gasteiger partial charge in [-0.3, -0.25) is 0 Å². The quantitative estimate of drug-likeness (QED) is 0.717. The zero-order valence-corrected chi connectivity index (χ0v) is 8.48. The van der Waals surface area contributed by atoms with Crippen molar-refractivity contribution in [3.8, 4) is 5.75 Å². The molecule has 1 aromatic carbocycles. The second-order valence-corrected chi connectivity index (χ2v) is 3.77. The van der Waals surface area contributed by atoms with Gasteiger partial charge in [0, 0.05) is 0 Å². The molecule has 76 valence electrons. The molecule has 0 radical (unpaired) electrons. The van der Waals surface area contributed by atoms with Crippen LogP contribution in [-0.2, 0) is 4.74 Å². The molecule has 0 saturated carbocycles. The maximum absolute atomic E-state index is 5.78. The predicted octanol–water partition coefficient (Wildman–Crippen LogP) is 2.63. The molecule has 1 aliphatic heterocycles. The second kappa shape index (κ2) is 4.47. The minimum atomic E-state index is 0.230. The minimum absolute atomic E-state index is 0.230. The lowest BCUT2D eigenvalue weighted by molar-refractivity contribution is -0.0372. The van der Waals surface area contributed by atoms with Crippen molar-refractivity contribution in [2.75, 3.05) is 6.61 Å². The van der Waals surface area contributed by atoms with E-state index in [1.807, 2.05) is 30.3 Å². The molecule has 14 heavy (non-hydrogen) atoms. The van der Waals surface area contributed by atoms with E-state index < -0.39 is 0 Å². The minimum Gasteiger partial charge on any atom is -0.488 e. The number of ether oxygens (including phenoxy) is 2. The number of benzene rings is 1. The summed E-state index contributed by atoms with van der Waals surface area (Å²) in [5.74, 6) is 0.940. The topological polar surface area (TPSA) is 18.5 Å². The molecule has 0 aliphatic carbocycles. The molecule has 2 nitrogen and oxygen atoms in total. The van der Waals surface area contributed by atoms with Crippen molar-refractivity contribution >= 4 is 0 Å². The van der Waals surface area contributed by atoms with Gasteiger partial charge in [-0.25, -0.2) is 0 Å². The summed E-state index contributed by atoms with van der Waals surface area (Å²) in [4.78, 5) is 0. The summed E-state index contributed by atoms with van der Waals surface area (Å²) in [7, 11) is 0. The Kier molecular flexibility index (Phi) is 3.04. The Morgan fingerprint density at radius 2 is 2.00 bits per heavy atom. The highest BCUT2D eigenvalue weighted by Crippen LogP contribution is 2.19. The first-order valence-electron chi connectivity index (χ1n) is 5.18. The fourth-order valence-electron chi connectivity index (χ4n) is 1.64. The van der Waals surface area contributed by atoms with Gasteiger partial charge in [-0.1, -0.05) is 18.2 Å². The van der Waals surface area contributed by atoms with Crippen molar-refractivity contribution in [3.05, 3.63) is 30.3 Å². The van der Waals surface area contributed by atoms with Gasteiger partial charge in [-0.2, -0.15) is 0 Å². The lowest BCUT2D eigenvalue weighted by atomic mass is 10.1. The normalized spacial score (nSPS) is 27.2. The van der Waals surface area contributed by atoms with Gasteiger partial charge in [0.15, 0.2) is 0 Å². The first kappa shape index (κ1) is 9.53. The van der Waals surface area contributed by atoms with E-state index in [2.05, 4.69) is 6.92 Å². The van der Waals surface area contributed by atoms with Crippen molar-refractivity contribution < 1.29 is 9.47 Å². The highest BCUT2D eigenvalue weighted by Gasteiger charge is 2.19. The maximum atomic E-state index is 5.78. The number of para-hydroxylation sites is 1. The molecule has 1 aromatic rings. The lowest BCUT2D eigenvalue weighted by Gasteiger charge is -2.27. The van der Waals surface area contributed by atoms with Crippen LogP contribution >= 0.6 is 0 Å². The largest absolute Gasteiger partial charge is 0.488 e. The van der Waals surface area contributed by atoms with Crippen LogP contribution in [0.25, 0.3) is 0 Å². The molecule has 2 rings (SSSR count). The van der Waals surface area contributed by atoms with E-state index in [0.29, 0.717) is 6.10 Å². The van der Waals surface area contributed by atoms with Crippen LogP contribution < -0.4 is 4.74 Å². The highest BCUT2D eigenvalue weighted by atomic mass is 16.5. The Labute approximate surface area is 84.8 Å². The summed E-state index contributed by atoms with van der Waals surface area (Å²) in [6.07, 6.45) is 2.81. The van der Waals surface area contributed by atoms with E-state index in [1.54, 1.807) is 0 Å². The number of hydrogen-bond donors (Lipinski definition) is 0. The summed E-state index contributed by atoms with van der Waals surface area (Å²) in [5, 5.41) is 0. The fourth-order valence-corrected chi connectivity index (χ4v) is 1.64.